The van der Waals surface area contributed by atoms with E-state index in [0.29, 0.717) is 12.6 Å². The predicted octanol–water partition coefficient (Wildman–Crippen LogP) is 2.95. The van der Waals surface area contributed by atoms with Crippen molar-refractivity contribution in [1.82, 2.24) is 24.7 Å². The minimum Gasteiger partial charge on any atom is -0.334 e. The molecule has 1 atom stereocenters. The lowest BCUT2D eigenvalue weighted by atomic mass is 10.1. The summed E-state index contributed by atoms with van der Waals surface area (Å²) in [5, 5.41) is 3.08. The minimum absolute atomic E-state index is 0.0593. The molecule has 2 amide bonds. The van der Waals surface area contributed by atoms with E-state index < -0.39 is 0 Å². The van der Waals surface area contributed by atoms with Gasteiger partial charge in [0, 0.05) is 43.8 Å². The summed E-state index contributed by atoms with van der Waals surface area (Å²) in [6.45, 7) is 6.68. The first-order chi connectivity index (χ1) is 13.2. The van der Waals surface area contributed by atoms with Crippen LogP contribution in [0.4, 0.5) is 4.79 Å². The number of aromatic nitrogens is 2. The normalized spacial score (nSPS) is 20.8. The van der Waals surface area contributed by atoms with Crippen molar-refractivity contribution < 1.29 is 4.79 Å². The first-order valence-corrected chi connectivity index (χ1v) is 10.1. The van der Waals surface area contributed by atoms with E-state index in [9.17, 15) is 4.79 Å². The summed E-state index contributed by atoms with van der Waals surface area (Å²) in [6, 6.07) is 8.87. The van der Waals surface area contributed by atoms with E-state index in [2.05, 4.69) is 39.5 Å². The second-order valence-electron chi connectivity index (χ2n) is 7.65. The van der Waals surface area contributed by atoms with E-state index in [-0.39, 0.29) is 6.03 Å². The van der Waals surface area contributed by atoms with E-state index in [0.717, 1.165) is 36.6 Å². The van der Waals surface area contributed by atoms with Crippen LogP contribution in [0.1, 0.15) is 37.1 Å². The monoisotopic (exact) mass is 367 g/mol. The van der Waals surface area contributed by atoms with Crippen molar-refractivity contribution in [2.24, 2.45) is 0 Å². The highest BCUT2D eigenvalue weighted by Crippen LogP contribution is 2.20. The number of carbonyl (C=O) groups excluding carboxylic acids is 1. The zero-order valence-electron chi connectivity index (χ0n) is 16.1. The first-order valence-electron chi connectivity index (χ1n) is 10.1. The van der Waals surface area contributed by atoms with Crippen molar-refractivity contribution in [2.45, 2.75) is 45.2 Å². The molecule has 4 rings (SSSR count). The van der Waals surface area contributed by atoms with Crippen LogP contribution < -0.4 is 5.32 Å². The van der Waals surface area contributed by atoms with Crippen molar-refractivity contribution in [3.63, 3.8) is 0 Å². The van der Waals surface area contributed by atoms with Gasteiger partial charge in [-0.05, 0) is 57.0 Å². The summed E-state index contributed by atoms with van der Waals surface area (Å²) < 4.78 is 2.05. The van der Waals surface area contributed by atoms with Crippen LogP contribution >= 0.6 is 0 Å². The molecule has 0 saturated carbocycles. The molecule has 6 heteroatoms. The third-order valence-corrected chi connectivity index (χ3v) is 5.84. The average molecular weight is 367 g/mol. The van der Waals surface area contributed by atoms with Crippen LogP contribution in [0.2, 0.25) is 0 Å². The number of nitrogens with one attached hydrogen (secondary N) is 1. The van der Waals surface area contributed by atoms with Crippen molar-refractivity contribution in [2.75, 3.05) is 26.2 Å². The van der Waals surface area contributed by atoms with Gasteiger partial charge in [0.15, 0.2) is 0 Å². The summed E-state index contributed by atoms with van der Waals surface area (Å²) >= 11 is 0. The number of urea groups is 1. The smallest absolute Gasteiger partial charge is 0.317 e. The van der Waals surface area contributed by atoms with Crippen LogP contribution in [0.25, 0.3) is 5.69 Å². The fourth-order valence-corrected chi connectivity index (χ4v) is 4.22. The number of benzene rings is 1. The Hall–Kier alpha value is -2.34. The number of carbonyl (C=O) groups is 1. The number of nitrogens with zero attached hydrogens (tertiary/aromatic N) is 4. The molecule has 2 fully saturated rings. The average Bonchev–Trinajstić information content (AvgIpc) is 3.37. The molecule has 2 aliphatic rings. The van der Waals surface area contributed by atoms with Gasteiger partial charge in [-0.1, -0.05) is 18.6 Å². The lowest BCUT2D eigenvalue weighted by Gasteiger charge is -2.32. The third-order valence-electron chi connectivity index (χ3n) is 5.84. The molecule has 1 aromatic heterocycles. The van der Waals surface area contributed by atoms with E-state index in [4.69, 9.17) is 0 Å². The maximum atomic E-state index is 12.5. The summed E-state index contributed by atoms with van der Waals surface area (Å²) in [4.78, 5) is 21.3. The van der Waals surface area contributed by atoms with E-state index in [1.807, 2.05) is 22.6 Å². The molecule has 1 N–H and O–H groups in total. The molecule has 0 radical (unpaired) electrons. The molecule has 27 heavy (non-hydrogen) atoms. The number of imidazole rings is 1. The number of likely N-dealkylation sites (tertiary alicyclic amines) is 2. The van der Waals surface area contributed by atoms with E-state index in [1.165, 1.54) is 32.4 Å². The highest BCUT2D eigenvalue weighted by atomic mass is 16.2. The molecule has 1 aromatic carbocycles. The fraction of sp³-hybridized carbons (Fsp3) is 0.524. The Balaban J connectivity index is 1.27. The molecular formula is C21H29N5O. The number of aryl methyl sites for hydroxylation is 1. The maximum Gasteiger partial charge on any atom is 0.317 e. The van der Waals surface area contributed by atoms with Crippen LogP contribution in [0, 0.1) is 6.92 Å². The Morgan fingerprint density at radius 3 is 2.63 bits per heavy atom. The number of piperidine rings is 1. The van der Waals surface area contributed by atoms with E-state index >= 15 is 0 Å². The van der Waals surface area contributed by atoms with Crippen LogP contribution in [0.15, 0.2) is 36.7 Å². The number of hydrogen-bond acceptors (Lipinski definition) is 3. The summed E-state index contributed by atoms with van der Waals surface area (Å²) in [7, 11) is 0. The molecule has 6 nitrogen and oxygen atoms in total. The van der Waals surface area contributed by atoms with E-state index in [1.54, 1.807) is 6.20 Å². The van der Waals surface area contributed by atoms with Crippen LogP contribution in [0.5, 0.6) is 0 Å². The second kappa shape index (κ2) is 8.13. The van der Waals surface area contributed by atoms with Gasteiger partial charge in [-0.3, -0.25) is 4.90 Å². The van der Waals surface area contributed by atoms with Gasteiger partial charge >= 0.3 is 6.03 Å². The summed E-state index contributed by atoms with van der Waals surface area (Å²) in [6.07, 6.45) is 8.82. The highest BCUT2D eigenvalue weighted by Gasteiger charge is 2.30. The summed E-state index contributed by atoms with van der Waals surface area (Å²) in [5.41, 5.74) is 2.20. The Morgan fingerprint density at radius 2 is 1.93 bits per heavy atom. The fourth-order valence-electron chi connectivity index (χ4n) is 4.22. The topological polar surface area (TPSA) is 53.4 Å². The van der Waals surface area contributed by atoms with Crippen LogP contribution in [-0.4, -0.2) is 57.6 Å². The van der Waals surface area contributed by atoms with Gasteiger partial charge in [-0.2, -0.15) is 0 Å². The Kier molecular flexibility index (Phi) is 5.43. The van der Waals surface area contributed by atoms with Crippen molar-refractivity contribution in [1.29, 1.82) is 0 Å². The molecule has 144 valence electrons. The molecule has 0 aliphatic carbocycles. The van der Waals surface area contributed by atoms with Gasteiger partial charge in [0.2, 0.25) is 0 Å². The lowest BCUT2D eigenvalue weighted by Crippen LogP contribution is -2.43. The minimum atomic E-state index is 0.0593. The molecule has 2 aliphatic heterocycles. The standard InChI is InChI=1S/C21H29N5O/c1-17-22-10-14-26(17)19-7-5-18(6-8-19)15-23-21(27)25-13-9-20(16-25)24-11-3-2-4-12-24/h5-8,10,14,20H,2-4,9,11-13,15-16H2,1H3,(H,23,27). The number of amides is 2. The highest BCUT2D eigenvalue weighted by molar-refractivity contribution is 5.74. The predicted molar refractivity (Wildman–Crippen MR) is 106 cm³/mol. The molecule has 3 heterocycles. The van der Waals surface area contributed by atoms with Gasteiger partial charge in [0.1, 0.15) is 5.82 Å². The second-order valence-corrected chi connectivity index (χ2v) is 7.65. The van der Waals surface area contributed by atoms with Gasteiger partial charge in [-0.15, -0.1) is 0 Å². The SMILES string of the molecule is Cc1nccn1-c1ccc(CNC(=O)N2CCC(N3CCCCC3)C2)cc1. The Bertz CT molecular complexity index is 763. The number of hydrogen-bond donors (Lipinski definition) is 1. The number of rotatable bonds is 4. The van der Waals surface area contributed by atoms with Gasteiger partial charge in [-0.25, -0.2) is 9.78 Å². The molecule has 0 spiro atoms. The van der Waals surface area contributed by atoms with Gasteiger partial charge in [0.05, 0.1) is 0 Å². The Labute approximate surface area is 161 Å². The van der Waals surface area contributed by atoms with Gasteiger partial charge < -0.3 is 14.8 Å². The first kappa shape index (κ1) is 18.0. The quantitative estimate of drug-likeness (QED) is 0.904. The molecule has 2 aromatic rings. The van der Waals surface area contributed by atoms with Gasteiger partial charge in [0.25, 0.3) is 0 Å². The third kappa shape index (κ3) is 4.16. The maximum absolute atomic E-state index is 12.5. The van der Waals surface area contributed by atoms with Crippen molar-refractivity contribution >= 4 is 6.03 Å². The zero-order valence-corrected chi connectivity index (χ0v) is 16.1. The molecule has 1 unspecified atom stereocenters. The molecule has 0 bridgehead atoms. The van der Waals surface area contributed by atoms with Crippen LogP contribution in [0.3, 0.4) is 0 Å². The lowest BCUT2D eigenvalue weighted by molar-refractivity contribution is 0.161. The molecular weight excluding hydrogens is 338 g/mol. The largest absolute Gasteiger partial charge is 0.334 e. The molecule has 2 saturated heterocycles. The zero-order chi connectivity index (χ0) is 18.6. The van der Waals surface area contributed by atoms with Crippen molar-refractivity contribution in [3.8, 4) is 5.69 Å². The van der Waals surface area contributed by atoms with Crippen LogP contribution in [-0.2, 0) is 6.54 Å². The summed E-state index contributed by atoms with van der Waals surface area (Å²) in [5.74, 6) is 0.966. The Morgan fingerprint density at radius 1 is 1.15 bits per heavy atom. The van der Waals surface area contributed by atoms with Crippen molar-refractivity contribution in [3.05, 3.63) is 48.0 Å².